The number of methoxy groups -OCH3 is 3. The Morgan fingerprint density at radius 3 is 2.26 bits per heavy atom. The number of nitrogens with one attached hydrogen (secondary N) is 2. The van der Waals surface area contributed by atoms with Crippen LogP contribution in [0.5, 0.6) is 17.2 Å². The lowest BCUT2D eigenvalue weighted by molar-refractivity contribution is -0.115. The van der Waals surface area contributed by atoms with E-state index in [1.807, 2.05) is 25.1 Å². The number of fused-ring (bicyclic) bond motifs is 3. The molecule has 43 heavy (non-hydrogen) atoms. The summed E-state index contributed by atoms with van der Waals surface area (Å²) in [6.45, 7) is 1.89. The summed E-state index contributed by atoms with van der Waals surface area (Å²) in [5.74, 6) is 0.276. The van der Waals surface area contributed by atoms with Crippen molar-refractivity contribution in [1.82, 2.24) is 5.32 Å². The number of halogens is 1. The van der Waals surface area contributed by atoms with E-state index >= 15 is 0 Å². The number of hydrogen-bond acceptors (Lipinski definition) is 6. The summed E-state index contributed by atoms with van der Waals surface area (Å²) in [6.07, 6.45) is 1.11. The summed E-state index contributed by atoms with van der Waals surface area (Å²) < 4.78 is 15.9. The highest BCUT2D eigenvalue weighted by atomic mass is 35.5. The topological polar surface area (TPSA) is 124 Å². The van der Waals surface area contributed by atoms with Crippen molar-refractivity contribution in [1.29, 1.82) is 0 Å². The van der Waals surface area contributed by atoms with Gasteiger partial charge in [0.1, 0.15) is 0 Å². The minimum atomic E-state index is -0.506. The lowest BCUT2D eigenvalue weighted by Gasteiger charge is -2.14. The molecule has 2 amide bonds. The highest BCUT2D eigenvalue weighted by molar-refractivity contribution is 6.06. The van der Waals surface area contributed by atoms with Crippen LogP contribution in [0.1, 0.15) is 32.6 Å². The maximum absolute atomic E-state index is 13.0. The van der Waals surface area contributed by atoms with Crippen LogP contribution < -0.4 is 30.6 Å². The molecule has 0 aromatic heterocycles. The molecule has 1 aliphatic rings. The summed E-state index contributed by atoms with van der Waals surface area (Å²) in [5.41, 5.74) is 14.2. The first-order chi connectivity index (χ1) is 20.3. The van der Waals surface area contributed by atoms with Gasteiger partial charge in [-0.3, -0.25) is 14.9 Å². The first-order valence-electron chi connectivity index (χ1n) is 13.4. The zero-order valence-electron chi connectivity index (χ0n) is 24.3. The standard InChI is InChI=1S/C33H32N4O5.ClH/c1-19-9-11-24(35-33(34)37-32(39)23-16-28(40-2)31(42-4)29(17-23)41-3)18-27(19)36-30(38)14-20-10-12-26-22(13-20)15-21-7-5-6-8-25(21)26;/h5-13,16-18H,14-15H2,1-4H3,(H,36,38)(H3,34,35,37,39);1H. The molecule has 0 radical (unpaired) electrons. The second-order valence-corrected chi connectivity index (χ2v) is 9.91. The number of guanidine groups is 1. The van der Waals surface area contributed by atoms with Gasteiger partial charge < -0.3 is 25.3 Å². The van der Waals surface area contributed by atoms with Crippen molar-refractivity contribution < 1.29 is 23.8 Å². The second kappa shape index (κ2) is 13.3. The fourth-order valence-corrected chi connectivity index (χ4v) is 5.07. The van der Waals surface area contributed by atoms with Gasteiger partial charge in [0.2, 0.25) is 17.6 Å². The SMILES string of the molecule is COc1cc(C(=O)NC(N)=Nc2ccc(C)c(NC(=O)Cc3ccc4c(c3)Cc3ccccc3-4)c2)cc(OC)c1OC.Cl. The highest BCUT2D eigenvalue weighted by Gasteiger charge is 2.19. The molecular formula is C33H33ClN4O5. The molecule has 9 nitrogen and oxygen atoms in total. The molecule has 1 aliphatic carbocycles. The number of aryl methyl sites for hydroxylation is 1. The van der Waals surface area contributed by atoms with Crippen LogP contribution in [-0.4, -0.2) is 39.1 Å². The number of benzene rings is 4. The molecule has 0 fully saturated rings. The summed E-state index contributed by atoms with van der Waals surface area (Å²) in [4.78, 5) is 30.2. The third kappa shape index (κ3) is 6.73. The summed E-state index contributed by atoms with van der Waals surface area (Å²) in [6, 6.07) is 22.9. The minimum absolute atomic E-state index is 0. The average molecular weight is 601 g/mol. The van der Waals surface area contributed by atoms with Crippen LogP contribution in [0.2, 0.25) is 0 Å². The smallest absolute Gasteiger partial charge is 0.258 e. The lowest BCUT2D eigenvalue weighted by atomic mass is 10.0. The van der Waals surface area contributed by atoms with Crippen LogP contribution >= 0.6 is 12.4 Å². The Bertz CT molecular complexity index is 1690. The third-order valence-electron chi connectivity index (χ3n) is 7.14. The Balaban J connectivity index is 0.00000423. The molecule has 0 unspecified atom stereocenters. The minimum Gasteiger partial charge on any atom is -0.493 e. The molecule has 4 N–H and O–H groups in total. The van der Waals surface area contributed by atoms with Crippen molar-refractivity contribution in [2.24, 2.45) is 10.7 Å². The fraction of sp³-hybridized carbons (Fsp3) is 0.182. The number of rotatable bonds is 8. The number of ether oxygens (including phenoxy) is 3. The van der Waals surface area contributed by atoms with Gasteiger partial charge in [0.05, 0.1) is 33.4 Å². The number of carbonyl (C=O) groups excluding carboxylic acids is 2. The molecule has 0 bridgehead atoms. The summed E-state index contributed by atoms with van der Waals surface area (Å²) in [7, 11) is 4.41. The zero-order chi connectivity index (χ0) is 29.8. The Morgan fingerprint density at radius 2 is 1.56 bits per heavy atom. The highest BCUT2D eigenvalue weighted by Crippen LogP contribution is 2.38. The van der Waals surface area contributed by atoms with E-state index in [0.717, 1.165) is 17.5 Å². The first-order valence-corrected chi connectivity index (χ1v) is 13.4. The van der Waals surface area contributed by atoms with Crippen molar-refractivity contribution in [3.63, 3.8) is 0 Å². The van der Waals surface area contributed by atoms with E-state index in [-0.39, 0.29) is 36.3 Å². The molecule has 0 heterocycles. The quantitative estimate of drug-likeness (QED) is 0.158. The van der Waals surface area contributed by atoms with E-state index in [0.29, 0.717) is 28.6 Å². The molecular weight excluding hydrogens is 568 g/mol. The molecule has 4 aromatic carbocycles. The van der Waals surface area contributed by atoms with Crippen molar-refractivity contribution >= 4 is 41.6 Å². The first kappa shape index (κ1) is 30.9. The number of hydrogen-bond donors (Lipinski definition) is 3. The van der Waals surface area contributed by atoms with Crippen molar-refractivity contribution in [3.05, 3.63) is 101 Å². The van der Waals surface area contributed by atoms with E-state index in [2.05, 4.69) is 46.0 Å². The molecule has 222 valence electrons. The average Bonchev–Trinajstić information content (AvgIpc) is 3.35. The van der Waals surface area contributed by atoms with E-state index in [1.165, 1.54) is 55.7 Å². The second-order valence-electron chi connectivity index (χ2n) is 9.91. The Labute approximate surface area is 256 Å². The molecule has 10 heteroatoms. The number of nitrogens with two attached hydrogens (primary N) is 1. The van der Waals surface area contributed by atoms with Gasteiger partial charge in [0, 0.05) is 11.3 Å². The predicted octanol–water partition coefficient (Wildman–Crippen LogP) is 5.57. The maximum Gasteiger partial charge on any atom is 0.258 e. The number of nitrogens with zero attached hydrogens (tertiary/aromatic N) is 1. The number of aliphatic imine (C=N–C) groups is 1. The van der Waals surface area contributed by atoms with Gasteiger partial charge in [-0.1, -0.05) is 48.5 Å². The van der Waals surface area contributed by atoms with Crippen molar-refractivity contribution in [3.8, 4) is 28.4 Å². The molecule has 0 atom stereocenters. The van der Waals surface area contributed by atoms with Gasteiger partial charge in [-0.05, 0) is 71.0 Å². The van der Waals surface area contributed by atoms with Crippen LogP contribution in [0.15, 0.2) is 77.8 Å². The van der Waals surface area contributed by atoms with Gasteiger partial charge in [0.15, 0.2) is 11.5 Å². The summed E-state index contributed by atoms with van der Waals surface area (Å²) >= 11 is 0. The van der Waals surface area contributed by atoms with Gasteiger partial charge in [-0.15, -0.1) is 12.4 Å². The Hall–Kier alpha value is -5.02. The van der Waals surface area contributed by atoms with Crippen LogP contribution in [0, 0.1) is 6.92 Å². The lowest BCUT2D eigenvalue weighted by Crippen LogP contribution is -2.36. The van der Waals surface area contributed by atoms with Gasteiger partial charge >= 0.3 is 0 Å². The Kier molecular flexibility index (Phi) is 9.57. The summed E-state index contributed by atoms with van der Waals surface area (Å²) in [5, 5.41) is 5.55. The van der Waals surface area contributed by atoms with Crippen LogP contribution in [-0.2, 0) is 17.6 Å². The van der Waals surface area contributed by atoms with Crippen LogP contribution in [0.25, 0.3) is 11.1 Å². The molecule has 0 saturated carbocycles. The molecule has 0 saturated heterocycles. The largest absolute Gasteiger partial charge is 0.493 e. The normalized spacial score (nSPS) is 11.5. The molecule has 0 spiro atoms. The van der Waals surface area contributed by atoms with E-state index in [1.54, 1.807) is 12.1 Å². The number of carbonyl (C=O) groups is 2. The zero-order valence-corrected chi connectivity index (χ0v) is 25.1. The number of amides is 2. The maximum atomic E-state index is 13.0. The number of anilines is 1. The molecule has 4 aromatic rings. The van der Waals surface area contributed by atoms with Crippen molar-refractivity contribution in [2.45, 2.75) is 19.8 Å². The van der Waals surface area contributed by atoms with E-state index in [4.69, 9.17) is 19.9 Å². The molecule has 0 aliphatic heterocycles. The van der Waals surface area contributed by atoms with Gasteiger partial charge in [-0.25, -0.2) is 4.99 Å². The van der Waals surface area contributed by atoms with Gasteiger partial charge in [0.25, 0.3) is 5.91 Å². The van der Waals surface area contributed by atoms with E-state index in [9.17, 15) is 9.59 Å². The molecule has 5 rings (SSSR count). The fourth-order valence-electron chi connectivity index (χ4n) is 5.07. The predicted molar refractivity (Wildman–Crippen MR) is 170 cm³/mol. The van der Waals surface area contributed by atoms with Crippen molar-refractivity contribution in [2.75, 3.05) is 26.6 Å². The van der Waals surface area contributed by atoms with Crippen LogP contribution in [0.4, 0.5) is 11.4 Å². The van der Waals surface area contributed by atoms with Crippen LogP contribution in [0.3, 0.4) is 0 Å². The monoisotopic (exact) mass is 600 g/mol. The Morgan fingerprint density at radius 1 is 0.860 bits per heavy atom. The third-order valence-corrected chi connectivity index (χ3v) is 7.14. The van der Waals surface area contributed by atoms with Gasteiger partial charge in [-0.2, -0.15) is 0 Å². The van der Waals surface area contributed by atoms with E-state index < -0.39 is 5.91 Å².